The monoisotopic (exact) mass is 426 g/mol. The highest BCUT2D eigenvalue weighted by Crippen LogP contribution is 2.39. The van der Waals surface area contributed by atoms with Crippen LogP contribution in [0.1, 0.15) is 17.5 Å². The van der Waals surface area contributed by atoms with E-state index in [4.69, 9.17) is 14.6 Å². The molecule has 2 heterocycles. The molecule has 1 fully saturated rings. The van der Waals surface area contributed by atoms with E-state index < -0.39 is 5.97 Å². The Bertz CT molecular complexity index is 966. The van der Waals surface area contributed by atoms with E-state index in [1.165, 1.54) is 12.1 Å². The van der Waals surface area contributed by atoms with Crippen LogP contribution in [0.5, 0.6) is 11.5 Å². The van der Waals surface area contributed by atoms with Gasteiger partial charge in [-0.15, -0.1) is 0 Å². The molecule has 1 saturated heterocycles. The largest absolute Gasteiger partial charge is 0.493 e. The van der Waals surface area contributed by atoms with Gasteiger partial charge in [0.25, 0.3) is 0 Å². The summed E-state index contributed by atoms with van der Waals surface area (Å²) in [4.78, 5) is 15.5. The maximum Gasteiger partial charge on any atom is 0.306 e. The van der Waals surface area contributed by atoms with Gasteiger partial charge < -0.3 is 19.5 Å². The van der Waals surface area contributed by atoms with Gasteiger partial charge in [0.15, 0.2) is 0 Å². The first-order chi connectivity index (χ1) is 15.0. The molecule has 31 heavy (non-hydrogen) atoms. The SMILES string of the molecule is CN1CCN(CC2=C(c3ccc(F)cc3)c3cc(OCCC(=O)O)ccc3OC2)CC1. The molecule has 164 valence electrons. The molecule has 0 aliphatic carbocycles. The van der Waals surface area contributed by atoms with Crippen LogP contribution in [-0.2, 0) is 4.79 Å². The predicted molar refractivity (Wildman–Crippen MR) is 116 cm³/mol. The van der Waals surface area contributed by atoms with E-state index in [0.29, 0.717) is 12.4 Å². The molecule has 2 aromatic carbocycles. The Morgan fingerprint density at radius 1 is 1.13 bits per heavy atom. The number of hydrogen-bond donors (Lipinski definition) is 1. The number of ether oxygens (including phenoxy) is 2. The number of carbonyl (C=O) groups is 1. The van der Waals surface area contributed by atoms with Crippen molar-refractivity contribution in [3.05, 3.63) is 65.0 Å². The molecule has 0 radical (unpaired) electrons. The molecule has 1 N–H and O–H groups in total. The summed E-state index contributed by atoms with van der Waals surface area (Å²) in [6.07, 6.45) is -0.0666. The Balaban J connectivity index is 1.68. The second-order valence-electron chi connectivity index (χ2n) is 8.00. The average molecular weight is 426 g/mol. The second kappa shape index (κ2) is 9.49. The first-order valence-electron chi connectivity index (χ1n) is 10.5. The Kier molecular flexibility index (Phi) is 6.53. The van der Waals surface area contributed by atoms with Crippen LogP contribution in [0.2, 0.25) is 0 Å². The Morgan fingerprint density at radius 3 is 2.58 bits per heavy atom. The molecular formula is C24H27FN2O4. The summed E-state index contributed by atoms with van der Waals surface area (Å²) in [7, 11) is 2.13. The lowest BCUT2D eigenvalue weighted by Gasteiger charge is -2.34. The third kappa shape index (κ3) is 5.24. The van der Waals surface area contributed by atoms with Crippen LogP contribution in [0.25, 0.3) is 5.57 Å². The van der Waals surface area contributed by atoms with E-state index in [9.17, 15) is 9.18 Å². The summed E-state index contributed by atoms with van der Waals surface area (Å²) in [6.45, 7) is 5.38. The van der Waals surface area contributed by atoms with Gasteiger partial charge in [-0.1, -0.05) is 12.1 Å². The van der Waals surface area contributed by atoms with Gasteiger partial charge in [0.05, 0.1) is 13.0 Å². The van der Waals surface area contributed by atoms with Crippen molar-refractivity contribution in [3.63, 3.8) is 0 Å². The Hall–Kier alpha value is -2.90. The number of likely N-dealkylation sites (N-methyl/N-ethyl adjacent to an activating group) is 1. The number of fused-ring (bicyclic) bond motifs is 1. The highest BCUT2D eigenvalue weighted by Gasteiger charge is 2.25. The van der Waals surface area contributed by atoms with Crippen LogP contribution in [0.15, 0.2) is 48.0 Å². The fourth-order valence-corrected chi connectivity index (χ4v) is 3.98. The average Bonchev–Trinajstić information content (AvgIpc) is 2.76. The van der Waals surface area contributed by atoms with Crippen LogP contribution in [-0.4, -0.2) is 73.9 Å². The van der Waals surface area contributed by atoms with Gasteiger partial charge in [0.2, 0.25) is 0 Å². The molecule has 0 atom stereocenters. The zero-order chi connectivity index (χ0) is 21.8. The van der Waals surface area contributed by atoms with Crippen molar-refractivity contribution < 1.29 is 23.8 Å². The topological polar surface area (TPSA) is 62.2 Å². The van der Waals surface area contributed by atoms with Crippen molar-refractivity contribution in [2.24, 2.45) is 0 Å². The maximum absolute atomic E-state index is 13.6. The van der Waals surface area contributed by atoms with Crippen molar-refractivity contribution in [1.82, 2.24) is 9.80 Å². The molecule has 0 amide bonds. The smallest absolute Gasteiger partial charge is 0.306 e. The zero-order valence-electron chi connectivity index (χ0n) is 17.6. The zero-order valence-corrected chi connectivity index (χ0v) is 17.6. The molecule has 6 nitrogen and oxygen atoms in total. The Morgan fingerprint density at radius 2 is 1.87 bits per heavy atom. The van der Waals surface area contributed by atoms with Crippen LogP contribution in [0.3, 0.4) is 0 Å². The van der Waals surface area contributed by atoms with Gasteiger partial charge in [0, 0.05) is 38.3 Å². The molecule has 2 aromatic rings. The van der Waals surface area contributed by atoms with Gasteiger partial charge in [-0.3, -0.25) is 9.69 Å². The summed E-state index contributed by atoms with van der Waals surface area (Å²) in [5.74, 6) is 0.154. The number of nitrogens with zero attached hydrogens (tertiary/aromatic N) is 2. The molecular weight excluding hydrogens is 399 g/mol. The summed E-state index contributed by atoms with van der Waals surface area (Å²) in [5, 5.41) is 8.86. The minimum absolute atomic E-state index is 0.0666. The normalized spacial score (nSPS) is 17.2. The Labute approximate surface area is 181 Å². The molecule has 0 spiro atoms. The minimum atomic E-state index is -0.900. The van der Waals surface area contributed by atoms with Crippen LogP contribution in [0, 0.1) is 5.82 Å². The number of rotatable bonds is 7. The summed E-state index contributed by atoms with van der Waals surface area (Å²) < 4.78 is 25.3. The molecule has 7 heteroatoms. The highest BCUT2D eigenvalue weighted by molar-refractivity contribution is 5.87. The number of benzene rings is 2. The fourth-order valence-electron chi connectivity index (χ4n) is 3.98. The summed E-state index contributed by atoms with van der Waals surface area (Å²) in [6, 6.07) is 12.1. The van der Waals surface area contributed by atoms with Crippen LogP contribution < -0.4 is 9.47 Å². The first-order valence-corrected chi connectivity index (χ1v) is 10.5. The van der Waals surface area contributed by atoms with E-state index in [0.717, 1.165) is 60.7 Å². The number of halogens is 1. The molecule has 0 aromatic heterocycles. The third-order valence-corrected chi connectivity index (χ3v) is 5.70. The molecule has 0 bridgehead atoms. The number of carboxylic acid groups (broad SMARTS) is 1. The number of aliphatic carboxylic acids is 1. The fraction of sp³-hybridized carbons (Fsp3) is 0.375. The van der Waals surface area contributed by atoms with E-state index >= 15 is 0 Å². The van der Waals surface area contributed by atoms with Gasteiger partial charge >= 0.3 is 5.97 Å². The van der Waals surface area contributed by atoms with Crippen LogP contribution in [0.4, 0.5) is 4.39 Å². The van der Waals surface area contributed by atoms with Crippen molar-refractivity contribution in [2.45, 2.75) is 6.42 Å². The van der Waals surface area contributed by atoms with Gasteiger partial charge in [-0.25, -0.2) is 4.39 Å². The van der Waals surface area contributed by atoms with Gasteiger partial charge in [-0.05, 0) is 54.1 Å². The van der Waals surface area contributed by atoms with Gasteiger partial charge in [-0.2, -0.15) is 0 Å². The molecule has 0 unspecified atom stereocenters. The standard InChI is InChI=1S/C24H27FN2O4/c1-26-9-11-27(12-10-26)15-18-16-31-22-7-6-20(30-13-8-23(28)29)14-21(22)24(18)17-2-4-19(25)5-3-17/h2-7,14H,8-13,15-16H2,1H3,(H,28,29). The quantitative estimate of drug-likeness (QED) is 0.734. The predicted octanol–water partition coefficient (Wildman–Crippen LogP) is 3.12. The molecule has 2 aliphatic heterocycles. The lowest BCUT2D eigenvalue weighted by atomic mass is 9.90. The van der Waals surface area contributed by atoms with Crippen molar-refractivity contribution >= 4 is 11.5 Å². The first kappa shape index (κ1) is 21.3. The number of carboxylic acids is 1. The van der Waals surface area contributed by atoms with Gasteiger partial charge in [0.1, 0.15) is 23.9 Å². The van der Waals surface area contributed by atoms with E-state index in [1.807, 2.05) is 12.1 Å². The van der Waals surface area contributed by atoms with E-state index in [-0.39, 0.29) is 18.8 Å². The summed E-state index contributed by atoms with van der Waals surface area (Å²) >= 11 is 0. The van der Waals surface area contributed by atoms with E-state index in [1.54, 1.807) is 18.2 Å². The number of hydrogen-bond acceptors (Lipinski definition) is 5. The second-order valence-corrected chi connectivity index (χ2v) is 8.00. The highest BCUT2D eigenvalue weighted by atomic mass is 19.1. The third-order valence-electron chi connectivity index (χ3n) is 5.70. The molecule has 0 saturated carbocycles. The lowest BCUT2D eigenvalue weighted by Crippen LogP contribution is -2.45. The van der Waals surface area contributed by atoms with E-state index in [2.05, 4.69) is 16.8 Å². The number of piperazine rings is 1. The van der Waals surface area contributed by atoms with Crippen molar-refractivity contribution in [3.8, 4) is 11.5 Å². The molecule has 4 rings (SSSR count). The minimum Gasteiger partial charge on any atom is -0.493 e. The van der Waals surface area contributed by atoms with Crippen molar-refractivity contribution in [2.75, 3.05) is 53.0 Å². The van der Waals surface area contributed by atoms with Crippen LogP contribution >= 0.6 is 0 Å². The van der Waals surface area contributed by atoms with Crippen molar-refractivity contribution in [1.29, 1.82) is 0 Å². The molecule has 2 aliphatic rings. The lowest BCUT2D eigenvalue weighted by molar-refractivity contribution is -0.137. The summed E-state index contributed by atoms with van der Waals surface area (Å²) in [5.41, 5.74) is 3.99. The maximum atomic E-state index is 13.6.